The Labute approximate surface area is 100 Å². The molecule has 2 atom stereocenters. The third-order valence-corrected chi connectivity index (χ3v) is 3.90. The lowest BCUT2D eigenvalue weighted by atomic mass is 9.90. The van der Waals surface area contributed by atoms with Crippen LogP contribution in [0.4, 0.5) is 0 Å². The normalized spacial score (nSPS) is 28.2. The van der Waals surface area contributed by atoms with Gasteiger partial charge < -0.3 is 14.6 Å². The van der Waals surface area contributed by atoms with Gasteiger partial charge in [0, 0.05) is 13.1 Å². The van der Waals surface area contributed by atoms with Crippen LogP contribution in [0.2, 0.25) is 0 Å². The average molecular weight is 235 g/mol. The molecule has 2 saturated heterocycles. The summed E-state index contributed by atoms with van der Waals surface area (Å²) >= 11 is 0. The zero-order valence-corrected chi connectivity index (χ0v) is 9.98. The second kappa shape index (κ2) is 4.14. The number of aryl methyl sites for hydroxylation is 1. The topological polar surface area (TPSA) is 58.4 Å². The van der Waals surface area contributed by atoms with Crippen molar-refractivity contribution < 1.29 is 9.21 Å². The Bertz CT molecular complexity index is 415. The SMILES string of the molecule is Cc1ncoc1C(=O)N1CC2CCNCC2C1. The van der Waals surface area contributed by atoms with Gasteiger partial charge in [0.2, 0.25) is 5.76 Å². The monoisotopic (exact) mass is 235 g/mol. The van der Waals surface area contributed by atoms with Crippen molar-refractivity contribution in [2.45, 2.75) is 13.3 Å². The van der Waals surface area contributed by atoms with Crippen molar-refractivity contribution in [3.05, 3.63) is 17.8 Å². The number of likely N-dealkylation sites (tertiary alicyclic amines) is 1. The summed E-state index contributed by atoms with van der Waals surface area (Å²) in [5, 5.41) is 3.39. The van der Waals surface area contributed by atoms with Crippen molar-refractivity contribution >= 4 is 5.91 Å². The predicted octanol–water partition coefficient (Wildman–Crippen LogP) is 0.665. The zero-order valence-electron chi connectivity index (χ0n) is 9.98. The van der Waals surface area contributed by atoms with Crippen LogP contribution in [0.25, 0.3) is 0 Å². The maximum Gasteiger partial charge on any atom is 0.291 e. The lowest BCUT2D eigenvalue weighted by Crippen LogP contribution is -2.35. The van der Waals surface area contributed by atoms with Crippen molar-refractivity contribution in [1.82, 2.24) is 15.2 Å². The third kappa shape index (κ3) is 1.84. The largest absolute Gasteiger partial charge is 0.438 e. The van der Waals surface area contributed by atoms with Crippen molar-refractivity contribution in [2.75, 3.05) is 26.2 Å². The van der Waals surface area contributed by atoms with E-state index in [1.54, 1.807) is 6.92 Å². The van der Waals surface area contributed by atoms with E-state index in [9.17, 15) is 4.79 Å². The summed E-state index contributed by atoms with van der Waals surface area (Å²) in [6, 6.07) is 0. The van der Waals surface area contributed by atoms with E-state index in [0.29, 0.717) is 23.3 Å². The molecule has 3 rings (SSSR count). The van der Waals surface area contributed by atoms with Gasteiger partial charge >= 0.3 is 0 Å². The van der Waals surface area contributed by atoms with E-state index < -0.39 is 0 Å². The predicted molar refractivity (Wildman–Crippen MR) is 61.6 cm³/mol. The quantitative estimate of drug-likeness (QED) is 0.777. The van der Waals surface area contributed by atoms with Crippen LogP contribution in [0, 0.1) is 18.8 Å². The van der Waals surface area contributed by atoms with Crippen LogP contribution in [-0.4, -0.2) is 42.0 Å². The number of carbonyl (C=O) groups excluding carboxylic acids is 1. The van der Waals surface area contributed by atoms with Gasteiger partial charge in [-0.3, -0.25) is 4.79 Å². The Morgan fingerprint density at radius 3 is 3.06 bits per heavy atom. The lowest BCUT2D eigenvalue weighted by Gasteiger charge is -2.23. The number of hydrogen-bond acceptors (Lipinski definition) is 4. The maximum absolute atomic E-state index is 12.2. The number of nitrogens with zero attached hydrogens (tertiary/aromatic N) is 2. The van der Waals surface area contributed by atoms with Gasteiger partial charge in [-0.2, -0.15) is 0 Å². The van der Waals surface area contributed by atoms with E-state index >= 15 is 0 Å². The molecule has 17 heavy (non-hydrogen) atoms. The highest BCUT2D eigenvalue weighted by Gasteiger charge is 2.37. The average Bonchev–Trinajstić information content (AvgIpc) is 2.93. The fourth-order valence-electron chi connectivity index (χ4n) is 2.89. The Kier molecular flexibility index (Phi) is 2.63. The molecule has 0 spiro atoms. The van der Waals surface area contributed by atoms with Gasteiger partial charge in [-0.15, -0.1) is 0 Å². The Morgan fingerprint density at radius 1 is 1.53 bits per heavy atom. The molecule has 1 amide bonds. The Balaban J connectivity index is 1.74. The number of aromatic nitrogens is 1. The molecule has 92 valence electrons. The number of rotatable bonds is 1. The molecule has 1 aromatic rings. The van der Waals surface area contributed by atoms with Gasteiger partial charge in [-0.25, -0.2) is 4.98 Å². The summed E-state index contributed by atoms with van der Waals surface area (Å²) < 4.78 is 5.17. The van der Waals surface area contributed by atoms with Crippen molar-refractivity contribution in [3.63, 3.8) is 0 Å². The molecular formula is C12H17N3O2. The Morgan fingerprint density at radius 2 is 2.35 bits per heavy atom. The minimum atomic E-state index is -0.00519. The van der Waals surface area contributed by atoms with E-state index in [0.717, 1.165) is 26.2 Å². The minimum absolute atomic E-state index is 0.00519. The second-order valence-electron chi connectivity index (χ2n) is 4.99. The summed E-state index contributed by atoms with van der Waals surface area (Å²) in [7, 11) is 0. The van der Waals surface area contributed by atoms with Crippen LogP contribution in [-0.2, 0) is 0 Å². The molecule has 5 nitrogen and oxygen atoms in total. The molecule has 2 aliphatic rings. The number of oxazole rings is 1. The van der Waals surface area contributed by atoms with Gasteiger partial charge in [0.1, 0.15) is 0 Å². The third-order valence-electron chi connectivity index (χ3n) is 3.90. The minimum Gasteiger partial charge on any atom is -0.438 e. The first-order valence-corrected chi connectivity index (χ1v) is 6.16. The molecule has 2 unspecified atom stereocenters. The first-order chi connectivity index (χ1) is 8.25. The smallest absolute Gasteiger partial charge is 0.291 e. The molecule has 0 saturated carbocycles. The highest BCUT2D eigenvalue weighted by Crippen LogP contribution is 2.29. The van der Waals surface area contributed by atoms with Gasteiger partial charge in [-0.05, 0) is 38.3 Å². The van der Waals surface area contributed by atoms with Crippen molar-refractivity contribution in [2.24, 2.45) is 11.8 Å². The molecular weight excluding hydrogens is 218 g/mol. The second-order valence-corrected chi connectivity index (χ2v) is 4.99. The van der Waals surface area contributed by atoms with Crippen LogP contribution in [0.15, 0.2) is 10.8 Å². The van der Waals surface area contributed by atoms with E-state index in [4.69, 9.17) is 4.42 Å². The first kappa shape index (κ1) is 10.8. The number of carbonyl (C=O) groups is 1. The van der Waals surface area contributed by atoms with Crippen LogP contribution < -0.4 is 5.32 Å². The molecule has 1 aromatic heterocycles. The standard InChI is InChI=1S/C12H17N3O2/c1-8-11(17-7-14-8)12(16)15-5-9-2-3-13-4-10(9)6-15/h7,9-10,13H,2-6H2,1H3. The molecule has 0 aromatic carbocycles. The summed E-state index contributed by atoms with van der Waals surface area (Å²) in [5.41, 5.74) is 0.683. The highest BCUT2D eigenvalue weighted by molar-refractivity contribution is 5.92. The number of fused-ring (bicyclic) bond motifs is 1. The van der Waals surface area contributed by atoms with E-state index in [1.165, 1.54) is 12.8 Å². The van der Waals surface area contributed by atoms with Gasteiger partial charge in [-0.1, -0.05) is 0 Å². The fraction of sp³-hybridized carbons (Fsp3) is 0.667. The number of hydrogen-bond donors (Lipinski definition) is 1. The number of amides is 1. The van der Waals surface area contributed by atoms with Crippen LogP contribution in [0.1, 0.15) is 22.7 Å². The zero-order chi connectivity index (χ0) is 11.8. The van der Waals surface area contributed by atoms with Gasteiger partial charge in [0.05, 0.1) is 5.69 Å². The molecule has 0 aliphatic carbocycles. The molecule has 2 aliphatic heterocycles. The summed E-state index contributed by atoms with van der Waals surface area (Å²) in [6.45, 7) is 5.62. The summed E-state index contributed by atoms with van der Waals surface area (Å²) in [6.07, 6.45) is 2.51. The van der Waals surface area contributed by atoms with E-state index in [1.807, 2.05) is 4.90 Å². The van der Waals surface area contributed by atoms with E-state index in [2.05, 4.69) is 10.3 Å². The lowest BCUT2D eigenvalue weighted by molar-refractivity contribution is 0.0752. The van der Waals surface area contributed by atoms with Gasteiger partial charge in [0.25, 0.3) is 5.91 Å². The molecule has 0 bridgehead atoms. The van der Waals surface area contributed by atoms with Crippen LogP contribution in [0.3, 0.4) is 0 Å². The van der Waals surface area contributed by atoms with Crippen molar-refractivity contribution in [3.8, 4) is 0 Å². The molecule has 3 heterocycles. The van der Waals surface area contributed by atoms with E-state index in [-0.39, 0.29) is 5.91 Å². The van der Waals surface area contributed by atoms with Crippen LogP contribution in [0.5, 0.6) is 0 Å². The molecule has 5 heteroatoms. The number of piperidine rings is 1. The first-order valence-electron chi connectivity index (χ1n) is 6.16. The summed E-state index contributed by atoms with van der Waals surface area (Å²) in [4.78, 5) is 18.1. The van der Waals surface area contributed by atoms with Crippen molar-refractivity contribution in [1.29, 1.82) is 0 Å². The highest BCUT2D eigenvalue weighted by atomic mass is 16.3. The van der Waals surface area contributed by atoms with Gasteiger partial charge in [0.15, 0.2) is 6.39 Å². The Hall–Kier alpha value is -1.36. The fourth-order valence-corrected chi connectivity index (χ4v) is 2.89. The maximum atomic E-state index is 12.2. The molecule has 0 radical (unpaired) electrons. The number of nitrogens with one attached hydrogen (secondary N) is 1. The van der Waals surface area contributed by atoms with Crippen LogP contribution >= 0.6 is 0 Å². The molecule has 2 fully saturated rings. The molecule has 1 N–H and O–H groups in total. The summed E-state index contributed by atoms with van der Waals surface area (Å²) in [5.74, 6) is 1.66.